The Morgan fingerprint density at radius 2 is 1.63 bits per heavy atom. The molecule has 0 aliphatic rings. The zero-order valence-electron chi connectivity index (χ0n) is 18.5. The Balaban J connectivity index is 2.05. The average Bonchev–Trinajstić information content (AvgIpc) is 2.75. The highest BCUT2D eigenvalue weighted by atomic mass is 16.5. The van der Waals surface area contributed by atoms with E-state index in [1.165, 1.54) is 0 Å². The number of amides is 2. The van der Waals surface area contributed by atoms with E-state index in [0.717, 1.165) is 29.9 Å². The molecular weight excluding hydrogens is 382 g/mol. The molecule has 0 aromatic heterocycles. The van der Waals surface area contributed by atoms with Gasteiger partial charge in [-0.1, -0.05) is 6.07 Å². The van der Waals surface area contributed by atoms with E-state index >= 15 is 0 Å². The summed E-state index contributed by atoms with van der Waals surface area (Å²) in [4.78, 5) is 27.0. The van der Waals surface area contributed by atoms with Gasteiger partial charge >= 0.3 is 11.8 Å². The lowest BCUT2D eigenvalue weighted by Gasteiger charge is -2.22. The van der Waals surface area contributed by atoms with Crippen LogP contribution in [0.4, 0.5) is 11.4 Å². The molecule has 0 saturated heterocycles. The predicted molar refractivity (Wildman–Crippen MR) is 119 cm³/mol. The van der Waals surface area contributed by atoms with Crippen molar-refractivity contribution in [3.05, 3.63) is 47.5 Å². The van der Waals surface area contributed by atoms with Gasteiger partial charge in [0.1, 0.15) is 0 Å². The van der Waals surface area contributed by atoms with Crippen LogP contribution < -0.4 is 25.0 Å². The highest BCUT2D eigenvalue weighted by Crippen LogP contribution is 2.30. The first-order chi connectivity index (χ1) is 14.3. The van der Waals surface area contributed by atoms with Gasteiger partial charge in [0, 0.05) is 24.5 Å². The van der Waals surface area contributed by atoms with Crippen LogP contribution in [0.3, 0.4) is 0 Å². The zero-order chi connectivity index (χ0) is 22.3. The van der Waals surface area contributed by atoms with Crippen LogP contribution in [-0.4, -0.2) is 39.1 Å². The number of ether oxygens (including phenoxy) is 2. The second-order valence-corrected chi connectivity index (χ2v) is 6.94. The first-order valence-corrected chi connectivity index (χ1v) is 10.0. The van der Waals surface area contributed by atoms with Crippen molar-refractivity contribution in [3.63, 3.8) is 0 Å². The highest BCUT2D eigenvalue weighted by Gasteiger charge is 2.19. The first kappa shape index (κ1) is 23.1. The lowest BCUT2D eigenvalue weighted by atomic mass is 10.1. The highest BCUT2D eigenvalue weighted by molar-refractivity contribution is 6.39. The monoisotopic (exact) mass is 413 g/mol. The van der Waals surface area contributed by atoms with Gasteiger partial charge in [0.25, 0.3) is 0 Å². The van der Waals surface area contributed by atoms with Crippen molar-refractivity contribution in [1.82, 2.24) is 5.32 Å². The summed E-state index contributed by atoms with van der Waals surface area (Å²) >= 11 is 0. The second-order valence-electron chi connectivity index (χ2n) is 6.94. The fourth-order valence-electron chi connectivity index (χ4n) is 3.22. The van der Waals surface area contributed by atoms with E-state index < -0.39 is 11.8 Å². The molecule has 7 nitrogen and oxygen atoms in total. The SMILES string of the molecule is CCN(CC)c1ccc(NC(=O)C(=O)NC(C)c2ccc(OC)c(OC)c2)c(C)c1. The number of nitrogens with zero attached hydrogens (tertiary/aromatic N) is 1. The van der Waals surface area contributed by atoms with Crippen molar-refractivity contribution in [2.45, 2.75) is 33.7 Å². The van der Waals surface area contributed by atoms with E-state index in [9.17, 15) is 9.59 Å². The fourth-order valence-corrected chi connectivity index (χ4v) is 3.22. The molecule has 0 aliphatic carbocycles. The van der Waals surface area contributed by atoms with Crippen molar-refractivity contribution in [1.29, 1.82) is 0 Å². The quantitative estimate of drug-likeness (QED) is 0.646. The van der Waals surface area contributed by atoms with Crippen LogP contribution in [0.25, 0.3) is 0 Å². The van der Waals surface area contributed by atoms with Crippen LogP contribution in [0.2, 0.25) is 0 Å². The molecule has 1 unspecified atom stereocenters. The second kappa shape index (κ2) is 10.5. The summed E-state index contributed by atoms with van der Waals surface area (Å²) in [6, 6.07) is 10.8. The Bertz CT molecular complexity index is 894. The summed E-state index contributed by atoms with van der Waals surface area (Å²) < 4.78 is 10.5. The topological polar surface area (TPSA) is 79.9 Å². The number of anilines is 2. The molecule has 0 heterocycles. The van der Waals surface area contributed by atoms with E-state index in [1.807, 2.05) is 31.2 Å². The molecule has 30 heavy (non-hydrogen) atoms. The summed E-state index contributed by atoms with van der Waals surface area (Å²) in [6.07, 6.45) is 0. The lowest BCUT2D eigenvalue weighted by molar-refractivity contribution is -0.136. The number of benzene rings is 2. The summed E-state index contributed by atoms with van der Waals surface area (Å²) in [5.41, 5.74) is 3.40. The Morgan fingerprint density at radius 3 is 2.20 bits per heavy atom. The van der Waals surface area contributed by atoms with Gasteiger partial charge in [-0.2, -0.15) is 0 Å². The maximum atomic E-state index is 12.4. The molecule has 2 aromatic rings. The number of hydrogen-bond donors (Lipinski definition) is 2. The number of aryl methyl sites for hydroxylation is 1. The van der Waals surface area contributed by atoms with Gasteiger partial charge in [0.2, 0.25) is 0 Å². The third-order valence-electron chi connectivity index (χ3n) is 5.05. The third-order valence-corrected chi connectivity index (χ3v) is 5.05. The van der Waals surface area contributed by atoms with E-state index in [1.54, 1.807) is 33.3 Å². The van der Waals surface area contributed by atoms with Gasteiger partial charge in [-0.05, 0) is 69.2 Å². The maximum absolute atomic E-state index is 12.4. The van der Waals surface area contributed by atoms with Crippen molar-refractivity contribution < 1.29 is 19.1 Å². The van der Waals surface area contributed by atoms with Crippen LogP contribution in [0.1, 0.15) is 37.9 Å². The molecule has 0 saturated carbocycles. The molecular formula is C23H31N3O4. The molecule has 7 heteroatoms. The maximum Gasteiger partial charge on any atom is 0.313 e. The number of carbonyl (C=O) groups is 2. The molecule has 0 spiro atoms. The molecule has 0 aliphatic heterocycles. The minimum Gasteiger partial charge on any atom is -0.493 e. The normalized spacial score (nSPS) is 11.4. The van der Waals surface area contributed by atoms with Gasteiger partial charge in [-0.3, -0.25) is 9.59 Å². The summed E-state index contributed by atoms with van der Waals surface area (Å²) in [5.74, 6) is -0.254. The molecule has 162 valence electrons. The molecule has 0 radical (unpaired) electrons. The number of rotatable bonds is 8. The van der Waals surface area contributed by atoms with Crippen molar-refractivity contribution in [2.75, 3.05) is 37.5 Å². The van der Waals surface area contributed by atoms with Crippen molar-refractivity contribution in [2.24, 2.45) is 0 Å². The Labute approximate surface area is 178 Å². The van der Waals surface area contributed by atoms with Gasteiger partial charge in [0.15, 0.2) is 11.5 Å². The number of hydrogen-bond acceptors (Lipinski definition) is 5. The average molecular weight is 414 g/mol. The summed E-state index contributed by atoms with van der Waals surface area (Å²) in [6.45, 7) is 9.70. The van der Waals surface area contributed by atoms with Crippen LogP contribution in [0.15, 0.2) is 36.4 Å². The Hall–Kier alpha value is -3.22. The van der Waals surface area contributed by atoms with Crippen LogP contribution in [0.5, 0.6) is 11.5 Å². The van der Waals surface area contributed by atoms with E-state index in [2.05, 4.69) is 29.4 Å². The minimum absolute atomic E-state index is 0.380. The summed E-state index contributed by atoms with van der Waals surface area (Å²) in [7, 11) is 3.11. The molecule has 0 fully saturated rings. The summed E-state index contributed by atoms with van der Waals surface area (Å²) in [5, 5.41) is 5.41. The molecule has 2 rings (SSSR count). The Morgan fingerprint density at radius 1 is 0.967 bits per heavy atom. The smallest absolute Gasteiger partial charge is 0.313 e. The van der Waals surface area contributed by atoms with E-state index in [-0.39, 0.29) is 6.04 Å². The standard InChI is InChI=1S/C23H31N3O4/c1-7-26(8-2)18-10-11-19(15(3)13-18)25-23(28)22(27)24-16(4)17-9-12-20(29-5)21(14-17)30-6/h9-14,16H,7-8H2,1-6H3,(H,24,27)(H,25,28). The van der Waals surface area contributed by atoms with E-state index in [4.69, 9.17) is 9.47 Å². The number of methoxy groups -OCH3 is 2. The Kier molecular flexibility index (Phi) is 8.09. The number of nitrogens with one attached hydrogen (secondary N) is 2. The molecule has 0 bridgehead atoms. The van der Waals surface area contributed by atoms with Gasteiger partial charge < -0.3 is 25.0 Å². The van der Waals surface area contributed by atoms with Gasteiger partial charge in [0.05, 0.1) is 20.3 Å². The minimum atomic E-state index is -0.707. The fraction of sp³-hybridized carbons (Fsp3) is 0.391. The predicted octanol–water partition coefficient (Wildman–Crippen LogP) is 3.67. The molecule has 2 N–H and O–H groups in total. The van der Waals surface area contributed by atoms with E-state index in [0.29, 0.717) is 17.2 Å². The lowest BCUT2D eigenvalue weighted by Crippen LogP contribution is -2.37. The zero-order valence-corrected chi connectivity index (χ0v) is 18.5. The largest absolute Gasteiger partial charge is 0.493 e. The van der Waals surface area contributed by atoms with Crippen LogP contribution in [-0.2, 0) is 9.59 Å². The van der Waals surface area contributed by atoms with Crippen LogP contribution in [0, 0.1) is 6.92 Å². The molecule has 1 atom stereocenters. The van der Waals surface area contributed by atoms with Crippen molar-refractivity contribution >= 4 is 23.2 Å². The molecule has 2 amide bonds. The van der Waals surface area contributed by atoms with Gasteiger partial charge in [-0.15, -0.1) is 0 Å². The first-order valence-electron chi connectivity index (χ1n) is 10.0. The molecule has 2 aromatic carbocycles. The number of carbonyl (C=O) groups excluding carboxylic acids is 2. The van der Waals surface area contributed by atoms with Crippen LogP contribution >= 0.6 is 0 Å². The third kappa shape index (κ3) is 5.43. The van der Waals surface area contributed by atoms with Gasteiger partial charge in [-0.25, -0.2) is 0 Å². The van der Waals surface area contributed by atoms with Crippen molar-refractivity contribution in [3.8, 4) is 11.5 Å².